The number of carbonyl (C=O) groups excluding carboxylic acids is 2. The highest BCUT2D eigenvalue weighted by molar-refractivity contribution is 8.01. The monoisotopic (exact) mass is 562 g/mol. The van der Waals surface area contributed by atoms with Crippen LogP contribution in [0.4, 0.5) is 0 Å². The van der Waals surface area contributed by atoms with E-state index in [9.17, 15) is 9.59 Å². The van der Waals surface area contributed by atoms with Gasteiger partial charge < -0.3 is 4.74 Å². The van der Waals surface area contributed by atoms with E-state index >= 15 is 0 Å². The number of nitrogens with zero attached hydrogens (tertiary/aromatic N) is 2. The Morgan fingerprint density at radius 3 is 2.21 bits per heavy atom. The van der Waals surface area contributed by atoms with Gasteiger partial charge in [-0.3, -0.25) is 14.6 Å². The number of hydrogen-bond acceptors (Lipinski definition) is 7. The van der Waals surface area contributed by atoms with Gasteiger partial charge in [0.2, 0.25) is 0 Å². The highest BCUT2D eigenvalue weighted by Crippen LogP contribution is 2.44. The molecular weight excluding hydrogens is 524 g/mol. The number of esters is 1. The summed E-state index contributed by atoms with van der Waals surface area (Å²) in [5.41, 5.74) is 2.35. The van der Waals surface area contributed by atoms with Crippen LogP contribution in [0, 0.1) is 0 Å². The van der Waals surface area contributed by atoms with Crippen LogP contribution in [0.15, 0.2) is 70.3 Å². The van der Waals surface area contributed by atoms with Crippen LogP contribution in [0.1, 0.15) is 72.7 Å². The molecule has 206 valence electrons. The lowest BCUT2D eigenvalue weighted by Crippen LogP contribution is -2.51. The summed E-state index contributed by atoms with van der Waals surface area (Å²) in [5.74, 6) is 0.192. The molecule has 3 atom stereocenters. The number of hydrogen-bond donors (Lipinski definition) is 0. The van der Waals surface area contributed by atoms with Crippen LogP contribution in [-0.4, -0.2) is 58.0 Å². The smallest absolute Gasteiger partial charge is 0.343 e. The van der Waals surface area contributed by atoms with Crippen molar-refractivity contribution in [3.05, 3.63) is 82.7 Å². The highest BCUT2D eigenvalue weighted by Gasteiger charge is 2.44. The maximum Gasteiger partial charge on any atom is 0.343 e. The summed E-state index contributed by atoms with van der Waals surface area (Å²) in [6.45, 7) is 9.20. The average molecular weight is 563 g/mol. The van der Waals surface area contributed by atoms with Gasteiger partial charge in [0.1, 0.15) is 5.75 Å². The number of ether oxygens (including phenoxy) is 1. The van der Waals surface area contributed by atoms with E-state index in [0.717, 1.165) is 32.5 Å². The van der Waals surface area contributed by atoms with E-state index in [2.05, 4.69) is 48.1 Å². The molecule has 0 spiro atoms. The number of carbonyl (C=O) groups is 2. The molecule has 0 amide bonds. The fraction of sp³-hybridized carbons (Fsp3) is 0.438. The molecular formula is C32H38N2O3S2. The lowest BCUT2D eigenvalue weighted by Gasteiger charge is -2.41. The first-order chi connectivity index (χ1) is 18.9. The van der Waals surface area contributed by atoms with Gasteiger partial charge in [-0.25, -0.2) is 4.79 Å². The molecule has 0 radical (unpaired) electrons. The van der Waals surface area contributed by atoms with Gasteiger partial charge in [0.15, 0.2) is 5.78 Å². The normalized spacial score (nSPS) is 21.7. The number of thiophene rings is 1. The maximum absolute atomic E-state index is 13.5. The Morgan fingerprint density at radius 1 is 0.974 bits per heavy atom. The minimum atomic E-state index is -0.392. The van der Waals surface area contributed by atoms with Crippen LogP contribution in [0.5, 0.6) is 5.75 Å². The van der Waals surface area contributed by atoms with Crippen molar-refractivity contribution in [2.24, 2.45) is 0 Å². The van der Waals surface area contributed by atoms with Crippen molar-refractivity contribution in [1.82, 2.24) is 9.80 Å². The van der Waals surface area contributed by atoms with Gasteiger partial charge in [-0.1, -0.05) is 32.0 Å². The zero-order valence-electron chi connectivity index (χ0n) is 23.0. The van der Waals surface area contributed by atoms with Crippen LogP contribution in [-0.2, 0) is 6.54 Å². The zero-order chi connectivity index (χ0) is 27.4. The number of ketones is 1. The van der Waals surface area contributed by atoms with Crippen molar-refractivity contribution in [3.63, 3.8) is 0 Å². The molecule has 3 aromatic rings. The van der Waals surface area contributed by atoms with E-state index < -0.39 is 5.97 Å². The molecule has 2 bridgehead atoms. The van der Waals surface area contributed by atoms with Gasteiger partial charge in [0.05, 0.1) is 15.8 Å². The molecule has 3 unspecified atom stereocenters. The summed E-state index contributed by atoms with van der Waals surface area (Å²) in [5, 5.41) is 2.78. The standard InChI is InChI=1S/C32H38N2O3S2/c1-4-33(5-2)21-23-8-10-25(11-9-23)32(36)37-28-16-12-24(13-17-28)31(35)22(3)34-26-14-15-27(34)20-29(19-26)39-30-7-6-18-38-30/h6-13,16-18,22,26-27,29H,4-5,14-15,19-21H2,1-3H3. The molecule has 7 heteroatoms. The Morgan fingerprint density at radius 2 is 1.62 bits per heavy atom. The van der Waals surface area contributed by atoms with Crippen LogP contribution >= 0.6 is 23.1 Å². The van der Waals surface area contributed by atoms with Crippen molar-refractivity contribution in [3.8, 4) is 5.75 Å². The molecule has 0 aliphatic carbocycles. The number of thioether (sulfide) groups is 1. The van der Waals surface area contributed by atoms with E-state index in [0.29, 0.717) is 34.2 Å². The molecule has 2 saturated heterocycles. The third-order valence-electron chi connectivity index (χ3n) is 8.19. The van der Waals surface area contributed by atoms with Gasteiger partial charge in [-0.15, -0.1) is 23.1 Å². The van der Waals surface area contributed by atoms with Crippen LogP contribution in [0.3, 0.4) is 0 Å². The van der Waals surface area contributed by atoms with E-state index in [4.69, 9.17) is 4.74 Å². The molecule has 3 heterocycles. The number of Topliss-reactive ketones (excluding diaryl/α,β-unsaturated/α-hetero) is 1. The van der Waals surface area contributed by atoms with Crippen molar-refractivity contribution in [2.45, 2.75) is 80.6 Å². The van der Waals surface area contributed by atoms with Crippen molar-refractivity contribution >= 4 is 34.9 Å². The van der Waals surface area contributed by atoms with Crippen LogP contribution < -0.4 is 4.74 Å². The summed E-state index contributed by atoms with van der Waals surface area (Å²) in [6.07, 6.45) is 4.63. The van der Waals surface area contributed by atoms with Gasteiger partial charge >= 0.3 is 5.97 Å². The van der Waals surface area contributed by atoms with E-state index in [1.165, 1.54) is 22.6 Å². The molecule has 2 aliphatic rings. The summed E-state index contributed by atoms with van der Waals surface area (Å²) in [7, 11) is 0. The molecule has 0 saturated carbocycles. The fourth-order valence-electron chi connectivity index (χ4n) is 6.07. The minimum absolute atomic E-state index is 0.137. The summed E-state index contributed by atoms with van der Waals surface area (Å²) in [6, 6.07) is 19.7. The third-order valence-corrected chi connectivity index (χ3v) is 10.5. The molecule has 5 rings (SSSR count). The molecule has 1 aromatic heterocycles. The molecule has 2 aliphatic heterocycles. The number of benzene rings is 2. The average Bonchev–Trinajstić information content (AvgIpc) is 3.56. The van der Waals surface area contributed by atoms with Crippen molar-refractivity contribution in [1.29, 1.82) is 0 Å². The molecule has 5 nitrogen and oxygen atoms in total. The van der Waals surface area contributed by atoms with Gasteiger partial charge in [-0.05, 0) is 99.1 Å². The van der Waals surface area contributed by atoms with Gasteiger partial charge in [0, 0.05) is 29.4 Å². The number of piperidine rings is 1. The largest absolute Gasteiger partial charge is 0.423 e. The fourth-order valence-corrected chi connectivity index (χ4v) is 8.44. The first-order valence-corrected chi connectivity index (χ1v) is 15.9. The van der Waals surface area contributed by atoms with Gasteiger partial charge in [0.25, 0.3) is 0 Å². The highest BCUT2D eigenvalue weighted by atomic mass is 32.2. The van der Waals surface area contributed by atoms with E-state index in [1.54, 1.807) is 24.3 Å². The summed E-state index contributed by atoms with van der Waals surface area (Å²) >= 11 is 3.83. The predicted molar refractivity (Wildman–Crippen MR) is 160 cm³/mol. The minimum Gasteiger partial charge on any atom is -0.423 e. The predicted octanol–water partition coefficient (Wildman–Crippen LogP) is 7.17. The Kier molecular flexibility index (Phi) is 9.23. The molecule has 0 N–H and O–H groups in total. The SMILES string of the molecule is CCN(CC)Cc1ccc(C(=O)Oc2ccc(C(=O)C(C)N3C4CCC3CC(Sc3cccs3)C4)cc2)cc1. The Bertz CT molecular complexity index is 1230. The quantitative estimate of drug-likeness (QED) is 0.140. The van der Waals surface area contributed by atoms with E-state index in [-0.39, 0.29) is 11.8 Å². The lowest BCUT2D eigenvalue weighted by atomic mass is 9.96. The maximum atomic E-state index is 13.5. The topological polar surface area (TPSA) is 49.9 Å². The molecule has 39 heavy (non-hydrogen) atoms. The number of rotatable bonds is 11. The third kappa shape index (κ3) is 6.65. The lowest BCUT2D eigenvalue weighted by molar-refractivity contribution is 0.0650. The second-order valence-electron chi connectivity index (χ2n) is 10.6. The molecule has 2 fully saturated rings. The van der Waals surface area contributed by atoms with Crippen LogP contribution in [0.2, 0.25) is 0 Å². The molecule has 2 aromatic carbocycles. The second kappa shape index (κ2) is 12.8. The summed E-state index contributed by atoms with van der Waals surface area (Å²) in [4.78, 5) is 30.9. The van der Waals surface area contributed by atoms with Crippen molar-refractivity contribution in [2.75, 3.05) is 13.1 Å². The van der Waals surface area contributed by atoms with Gasteiger partial charge in [-0.2, -0.15) is 0 Å². The Hall–Kier alpha value is -2.45. The van der Waals surface area contributed by atoms with Crippen molar-refractivity contribution < 1.29 is 14.3 Å². The first-order valence-electron chi connectivity index (χ1n) is 14.1. The first kappa shape index (κ1) is 28.1. The Labute approximate surface area is 240 Å². The summed E-state index contributed by atoms with van der Waals surface area (Å²) < 4.78 is 7.00. The second-order valence-corrected chi connectivity index (χ2v) is 13.1. The number of fused-ring (bicyclic) bond motifs is 2. The van der Waals surface area contributed by atoms with E-state index in [1.807, 2.05) is 47.4 Å². The Balaban J connectivity index is 1.16. The zero-order valence-corrected chi connectivity index (χ0v) is 24.7. The van der Waals surface area contributed by atoms with Crippen LogP contribution in [0.25, 0.3) is 0 Å².